The van der Waals surface area contributed by atoms with E-state index < -0.39 is 108 Å². The maximum atomic E-state index is 15.0. The van der Waals surface area contributed by atoms with Crippen molar-refractivity contribution in [2.75, 3.05) is 107 Å². The Kier molecular flexibility index (Phi) is 42.4. The molecule has 7 atom stereocenters. The molecule has 1 aliphatic heterocycles. The number of carbonyl (C=O) groups excluding carboxylic acids is 8. The van der Waals surface area contributed by atoms with Crippen LogP contribution in [0.2, 0.25) is 0 Å². The van der Waals surface area contributed by atoms with Gasteiger partial charge in [-0.1, -0.05) is 94.3 Å². The van der Waals surface area contributed by atoms with Crippen LogP contribution in [0, 0.1) is 36.9 Å². The fourth-order valence-corrected chi connectivity index (χ4v) is 10.4. The van der Waals surface area contributed by atoms with Crippen LogP contribution in [0.5, 0.6) is 5.75 Å². The van der Waals surface area contributed by atoms with Crippen LogP contribution in [0.15, 0.2) is 85.1 Å². The second kappa shape index (κ2) is 48.1. The number of fused-ring (bicyclic) bond motifs is 1. The third kappa shape index (κ3) is 34.0. The number of unbranched alkanes of at least 4 members (excludes halogenated alkanes) is 4. The van der Waals surface area contributed by atoms with Crippen LogP contribution in [-0.2, 0) is 72.0 Å². The van der Waals surface area contributed by atoms with E-state index in [4.69, 9.17) is 21.1 Å². The van der Waals surface area contributed by atoms with Gasteiger partial charge < -0.3 is 78.4 Å². The Morgan fingerprint density at radius 3 is 1.61 bits per heavy atom. The van der Waals surface area contributed by atoms with Gasteiger partial charge in [0.15, 0.2) is 0 Å². The molecule has 0 saturated carbocycles. The van der Waals surface area contributed by atoms with Gasteiger partial charge in [-0.2, -0.15) is 0 Å². The van der Waals surface area contributed by atoms with Gasteiger partial charge in [0, 0.05) is 106 Å². The van der Waals surface area contributed by atoms with Crippen LogP contribution in [0.25, 0.3) is 10.9 Å². The summed E-state index contributed by atoms with van der Waals surface area (Å²) in [5.74, 6) is -8.46. The first-order valence-electron chi connectivity index (χ1n) is 33.6. The minimum absolute atomic E-state index is 0. The van der Waals surface area contributed by atoms with Crippen LogP contribution in [0.3, 0.4) is 0 Å². The summed E-state index contributed by atoms with van der Waals surface area (Å²) in [5, 5.41) is 66.7. The van der Waals surface area contributed by atoms with Crippen LogP contribution < -0.4 is 43.0 Å². The maximum Gasteiger partial charge on any atom is 0.317 e. The number of nitrogens with one attached hydrogen (secondary N) is 8. The van der Waals surface area contributed by atoms with Crippen LogP contribution in [-0.4, -0.2) is 269 Å². The smallest absolute Gasteiger partial charge is 0.317 e. The van der Waals surface area contributed by atoms with E-state index in [2.05, 4.69) is 42.2 Å². The Morgan fingerprint density at radius 1 is 0.560 bits per heavy atom. The quantitative estimate of drug-likeness (QED) is 0.0279. The van der Waals surface area contributed by atoms with E-state index in [-0.39, 0.29) is 113 Å². The largest absolute Gasteiger partial charge is 0.508 e. The Morgan fingerprint density at radius 2 is 1.06 bits per heavy atom. The second-order valence-corrected chi connectivity index (χ2v) is 24.6. The summed E-state index contributed by atoms with van der Waals surface area (Å²) in [6.07, 6.45) is 2.59. The van der Waals surface area contributed by atoms with E-state index in [1.807, 2.05) is 49.9 Å². The minimum Gasteiger partial charge on any atom is -0.508 e. The van der Waals surface area contributed by atoms with Crippen molar-refractivity contribution in [1.82, 2.24) is 66.7 Å². The summed E-state index contributed by atoms with van der Waals surface area (Å²) < 4.78 is 0. The molecule has 0 spiro atoms. The zero-order chi connectivity index (χ0) is 73.6. The molecular formula is C69H106LuN14O16. The van der Waals surface area contributed by atoms with Gasteiger partial charge in [0.2, 0.25) is 47.3 Å². The molecule has 4 aromatic rings. The number of aliphatic carboxylic acids is 3. The molecule has 1 saturated heterocycles. The molecule has 31 heteroatoms. The number of phenols is 1. The molecule has 0 bridgehead atoms. The number of para-hydroxylation sites is 1. The van der Waals surface area contributed by atoms with Gasteiger partial charge >= 0.3 is 17.9 Å². The Labute approximate surface area is 614 Å². The molecule has 0 aliphatic carbocycles. The second-order valence-electron chi connectivity index (χ2n) is 24.6. The number of nitrogens with two attached hydrogens (primary N) is 1. The van der Waals surface area contributed by atoms with Crippen molar-refractivity contribution in [3.63, 3.8) is 0 Å². The van der Waals surface area contributed by atoms with Crippen LogP contribution in [0.4, 0.5) is 0 Å². The fraction of sp³-hybridized carbons (Fsp3) is 0.551. The van der Waals surface area contributed by atoms with E-state index in [1.165, 1.54) is 26.1 Å². The standard InChI is InChI=1S/C59H84N12O12.2C5H11NO2.Lu/c1-5-71(30-29-69(3)37-52(76)77)36-51(75)62-28-16-7-6-15-27-61-50(74)34-49-57(81)66-46(31-40-22-24-42(73)25-23-40)55(79)65-47(33-41-35-63-44-20-12-11-19-43(41)44)56(80)64-45(21-13-14-26-60)54(78)68-53(38(2)72)58(82)67-48(59(83)70(49)4)32-39-17-9-8-10-18-39;2*1-3-6(2)4-5(7)8;/h8-12,17-20,22-25,35,38,45-49,53,63,72-73H,5-7,13-16,21,26-34,36-37,60H2,1-4H3,(H,61,74)(H,62,75)(H,64,80)(H,65,79)(H,66,81)(H,67,82)(H,68,78)(H,76,77);2*3-4H2,1-2H3,(H,7,8);/t38-,45+,46+,47-,48+,49+,53+;;;/m1.../s1. The van der Waals surface area contributed by atoms with Gasteiger partial charge in [0.05, 0.1) is 38.7 Å². The summed E-state index contributed by atoms with van der Waals surface area (Å²) in [5.41, 5.74) is 8.27. The number of likely N-dealkylation sites (N-methyl/N-ethyl adjacent to an activating group) is 5. The van der Waals surface area contributed by atoms with E-state index in [9.17, 15) is 63.0 Å². The van der Waals surface area contributed by atoms with Crippen molar-refractivity contribution in [3.8, 4) is 5.75 Å². The Balaban J connectivity index is 0.00000177. The Hall–Kier alpha value is -7.84. The number of benzene rings is 3. The molecule has 1 aliphatic rings. The molecule has 15 N–H and O–H groups in total. The van der Waals surface area contributed by atoms with Crippen molar-refractivity contribution in [2.45, 2.75) is 141 Å². The van der Waals surface area contributed by atoms with Gasteiger partial charge in [0.25, 0.3) is 0 Å². The minimum atomic E-state index is -1.66. The van der Waals surface area contributed by atoms with Gasteiger partial charge in [-0.25, -0.2) is 0 Å². The van der Waals surface area contributed by atoms with E-state index in [0.29, 0.717) is 81.4 Å². The van der Waals surface area contributed by atoms with E-state index >= 15 is 0 Å². The number of aliphatic hydroxyl groups is 1. The van der Waals surface area contributed by atoms with Crippen molar-refractivity contribution in [3.05, 3.63) is 102 Å². The van der Waals surface area contributed by atoms with E-state index in [0.717, 1.165) is 28.9 Å². The molecule has 5 rings (SSSR count). The molecule has 30 nitrogen and oxygen atoms in total. The molecule has 1 radical (unpaired) electrons. The fourth-order valence-electron chi connectivity index (χ4n) is 10.4. The summed E-state index contributed by atoms with van der Waals surface area (Å²) in [4.78, 5) is 157. The van der Waals surface area contributed by atoms with Gasteiger partial charge in [0.1, 0.15) is 42.0 Å². The molecule has 0 unspecified atom stereocenters. The number of aromatic nitrogens is 1. The summed E-state index contributed by atoms with van der Waals surface area (Å²) in [6, 6.07) is 13.0. The Bertz CT molecular complexity index is 3180. The topological polar surface area (TPSA) is 431 Å². The molecule has 100 heavy (non-hydrogen) atoms. The zero-order valence-corrected chi connectivity index (χ0v) is 60.3. The first kappa shape index (κ1) is 88.2. The van der Waals surface area contributed by atoms with Gasteiger partial charge in [-0.3, -0.25) is 72.3 Å². The molecule has 1 fully saturated rings. The summed E-state index contributed by atoms with van der Waals surface area (Å²) in [7, 11) is 6.54. The number of nitrogens with zero attached hydrogens (tertiary/aromatic N) is 5. The van der Waals surface area contributed by atoms with Crippen molar-refractivity contribution < 1.29 is 115 Å². The number of phenolic OH excluding ortho intramolecular Hbond substituents is 1. The number of hydrogen-bond acceptors (Lipinski definition) is 18. The molecule has 563 valence electrons. The molecule has 3 aromatic carbocycles. The number of aromatic amines is 1. The molecule has 1 aromatic heterocycles. The number of H-pyrrole nitrogens is 1. The predicted octanol–water partition coefficient (Wildman–Crippen LogP) is 0.242. The summed E-state index contributed by atoms with van der Waals surface area (Å²) in [6.45, 7) is 11.5. The molecule has 8 amide bonds. The van der Waals surface area contributed by atoms with Gasteiger partial charge in [-0.05, 0) is 121 Å². The molecular weight excluding hydrogens is 1460 g/mol. The van der Waals surface area contributed by atoms with E-state index in [1.54, 1.807) is 84.5 Å². The summed E-state index contributed by atoms with van der Waals surface area (Å²) >= 11 is 0. The predicted molar refractivity (Wildman–Crippen MR) is 373 cm³/mol. The van der Waals surface area contributed by atoms with Crippen LogP contribution in [0.1, 0.15) is 95.8 Å². The number of carboxylic acid groups (broad SMARTS) is 3. The average molecular weight is 1560 g/mol. The number of carboxylic acids is 3. The third-order valence-corrected chi connectivity index (χ3v) is 16.4. The number of aromatic hydroxyl groups is 1. The van der Waals surface area contributed by atoms with Crippen molar-refractivity contribution in [1.29, 1.82) is 0 Å². The third-order valence-electron chi connectivity index (χ3n) is 16.4. The van der Waals surface area contributed by atoms with Crippen molar-refractivity contribution >= 4 is 76.1 Å². The van der Waals surface area contributed by atoms with Gasteiger partial charge in [-0.15, -0.1) is 0 Å². The number of amides is 8. The molecule has 2 heterocycles. The maximum absolute atomic E-state index is 15.0. The first-order chi connectivity index (χ1) is 47.1. The normalized spacial score (nSPS) is 18.1. The average Bonchev–Trinajstić information content (AvgIpc) is 1.39. The number of hydrogen-bond donors (Lipinski definition) is 14. The zero-order valence-electron chi connectivity index (χ0n) is 58.7. The number of rotatable bonds is 34. The van der Waals surface area contributed by atoms with Crippen molar-refractivity contribution in [2.24, 2.45) is 5.73 Å². The number of aliphatic hydroxyl groups excluding tert-OH is 1. The SMILES string of the molecule is CCN(C)CC(=O)O.CCN(C)CC(=O)O.CCN(CCN(C)CC(=O)O)CC(=O)NCCCCCCNC(=O)C[C@H]1C(=O)N[C@@H](Cc2ccc(O)cc2)C(=O)N[C@H](Cc2c[nH]c3ccccc23)C(=O)N[C@@H](CCCCN)C(=O)N[C@@H]([C@@H](C)O)C(=O)N[C@@H](Cc2ccccc2)C(=O)N1C.[Lu]. The van der Waals surface area contributed by atoms with Crippen LogP contribution >= 0.6 is 0 Å². The number of carbonyl (C=O) groups is 11. The first-order valence-corrected chi connectivity index (χ1v) is 33.6. The monoisotopic (exact) mass is 1560 g/mol.